The van der Waals surface area contributed by atoms with Crippen molar-refractivity contribution in [3.05, 3.63) is 35.9 Å². The SMILES string of the molecule is CC(CN1CCN(Cc2ccccc2)CC1)NC(=O)CCS(C)(=O)=O. The van der Waals surface area contributed by atoms with Gasteiger partial charge in [0.25, 0.3) is 0 Å². The molecule has 1 fully saturated rings. The summed E-state index contributed by atoms with van der Waals surface area (Å²) in [5.74, 6) is -0.287. The van der Waals surface area contributed by atoms with Gasteiger partial charge in [-0.25, -0.2) is 8.42 Å². The number of sulfone groups is 1. The molecule has 0 saturated carbocycles. The zero-order chi connectivity index (χ0) is 18.3. The van der Waals surface area contributed by atoms with Crippen LogP contribution in [0.1, 0.15) is 18.9 Å². The molecule has 0 aromatic heterocycles. The van der Waals surface area contributed by atoms with Gasteiger partial charge >= 0.3 is 0 Å². The van der Waals surface area contributed by atoms with E-state index in [2.05, 4.69) is 39.4 Å². The molecule has 0 aliphatic carbocycles. The van der Waals surface area contributed by atoms with E-state index in [-0.39, 0.29) is 24.1 Å². The lowest BCUT2D eigenvalue weighted by Gasteiger charge is -2.36. The van der Waals surface area contributed by atoms with Gasteiger partial charge in [-0.1, -0.05) is 30.3 Å². The fraction of sp³-hybridized carbons (Fsp3) is 0.611. The van der Waals surface area contributed by atoms with Crippen LogP contribution in [-0.4, -0.2) is 74.9 Å². The van der Waals surface area contributed by atoms with Crippen molar-refractivity contribution in [1.82, 2.24) is 15.1 Å². The minimum atomic E-state index is -3.09. The van der Waals surface area contributed by atoms with Crippen molar-refractivity contribution < 1.29 is 13.2 Å². The number of carbonyl (C=O) groups is 1. The average molecular weight is 368 g/mol. The number of piperazine rings is 1. The van der Waals surface area contributed by atoms with Crippen LogP contribution in [0.2, 0.25) is 0 Å². The molecular weight excluding hydrogens is 338 g/mol. The van der Waals surface area contributed by atoms with Gasteiger partial charge in [0, 0.05) is 58.0 Å². The number of rotatable bonds is 8. The molecule has 25 heavy (non-hydrogen) atoms. The normalized spacial score (nSPS) is 18.0. The van der Waals surface area contributed by atoms with Crippen molar-refractivity contribution in [2.24, 2.45) is 0 Å². The van der Waals surface area contributed by atoms with E-state index >= 15 is 0 Å². The summed E-state index contributed by atoms with van der Waals surface area (Å²) in [6.45, 7) is 7.74. The Labute approximate surface area is 151 Å². The van der Waals surface area contributed by atoms with Crippen LogP contribution in [0, 0.1) is 0 Å². The summed E-state index contributed by atoms with van der Waals surface area (Å²) >= 11 is 0. The van der Waals surface area contributed by atoms with E-state index in [4.69, 9.17) is 0 Å². The first kappa shape index (κ1) is 19.9. The Hall–Kier alpha value is -1.44. The van der Waals surface area contributed by atoms with Crippen LogP contribution in [0.15, 0.2) is 30.3 Å². The number of hydrogen-bond donors (Lipinski definition) is 1. The molecule has 1 aromatic rings. The molecule has 0 bridgehead atoms. The third kappa shape index (κ3) is 7.98. The van der Waals surface area contributed by atoms with Crippen LogP contribution >= 0.6 is 0 Å². The first-order valence-electron chi connectivity index (χ1n) is 8.77. The highest BCUT2D eigenvalue weighted by atomic mass is 32.2. The molecule has 1 unspecified atom stereocenters. The first-order chi connectivity index (χ1) is 11.8. The standard InChI is InChI=1S/C18H29N3O3S/c1-16(19-18(22)8-13-25(2,23)24)14-20-9-11-21(12-10-20)15-17-6-4-3-5-7-17/h3-7,16H,8-15H2,1-2H3,(H,19,22). The van der Waals surface area contributed by atoms with Gasteiger partial charge in [-0.3, -0.25) is 14.6 Å². The highest BCUT2D eigenvalue weighted by Crippen LogP contribution is 2.08. The highest BCUT2D eigenvalue weighted by Gasteiger charge is 2.19. The van der Waals surface area contributed by atoms with Gasteiger partial charge in [0.15, 0.2) is 0 Å². The monoisotopic (exact) mass is 367 g/mol. The lowest BCUT2D eigenvalue weighted by Crippen LogP contribution is -2.50. The molecule has 1 aliphatic rings. The maximum atomic E-state index is 11.8. The van der Waals surface area contributed by atoms with Gasteiger partial charge in [-0.15, -0.1) is 0 Å². The van der Waals surface area contributed by atoms with E-state index in [0.29, 0.717) is 0 Å². The zero-order valence-corrected chi connectivity index (χ0v) is 16.0. The number of benzene rings is 1. The number of carbonyl (C=O) groups excluding carboxylic acids is 1. The second-order valence-electron chi connectivity index (χ2n) is 6.91. The Balaban J connectivity index is 1.66. The molecule has 1 aliphatic heterocycles. The third-order valence-corrected chi connectivity index (χ3v) is 5.30. The smallest absolute Gasteiger partial charge is 0.221 e. The second kappa shape index (κ2) is 9.31. The van der Waals surface area contributed by atoms with Crippen molar-refractivity contribution in [1.29, 1.82) is 0 Å². The van der Waals surface area contributed by atoms with Crippen molar-refractivity contribution in [3.8, 4) is 0 Å². The lowest BCUT2D eigenvalue weighted by molar-refractivity contribution is -0.121. The summed E-state index contributed by atoms with van der Waals surface area (Å²) in [5, 5.41) is 2.89. The van der Waals surface area contributed by atoms with E-state index in [1.807, 2.05) is 13.0 Å². The van der Waals surface area contributed by atoms with E-state index in [0.717, 1.165) is 45.5 Å². The number of amides is 1. The van der Waals surface area contributed by atoms with Gasteiger partial charge in [0.2, 0.25) is 5.91 Å². The maximum absolute atomic E-state index is 11.8. The molecular formula is C18H29N3O3S. The van der Waals surface area contributed by atoms with E-state index in [9.17, 15) is 13.2 Å². The highest BCUT2D eigenvalue weighted by molar-refractivity contribution is 7.90. The molecule has 1 amide bonds. The largest absolute Gasteiger partial charge is 0.352 e. The predicted octanol–water partition coefficient (Wildman–Crippen LogP) is 0.744. The fourth-order valence-electron chi connectivity index (χ4n) is 3.03. The molecule has 1 aromatic carbocycles. The summed E-state index contributed by atoms with van der Waals surface area (Å²) in [7, 11) is -3.09. The maximum Gasteiger partial charge on any atom is 0.221 e. The number of nitrogens with one attached hydrogen (secondary N) is 1. The Morgan fingerprint density at radius 3 is 2.32 bits per heavy atom. The molecule has 0 radical (unpaired) electrons. The van der Waals surface area contributed by atoms with Crippen molar-refractivity contribution >= 4 is 15.7 Å². The molecule has 1 N–H and O–H groups in total. The van der Waals surface area contributed by atoms with Gasteiger partial charge in [0.1, 0.15) is 9.84 Å². The Morgan fingerprint density at radius 2 is 1.72 bits per heavy atom. The van der Waals surface area contributed by atoms with E-state index in [1.54, 1.807) is 0 Å². The number of hydrogen-bond acceptors (Lipinski definition) is 5. The van der Waals surface area contributed by atoms with Crippen LogP contribution in [0.4, 0.5) is 0 Å². The van der Waals surface area contributed by atoms with Crippen LogP contribution in [0.5, 0.6) is 0 Å². The van der Waals surface area contributed by atoms with E-state index in [1.165, 1.54) is 5.56 Å². The van der Waals surface area contributed by atoms with Gasteiger partial charge in [-0.05, 0) is 12.5 Å². The zero-order valence-electron chi connectivity index (χ0n) is 15.1. The van der Waals surface area contributed by atoms with Crippen molar-refractivity contribution in [3.63, 3.8) is 0 Å². The molecule has 7 heteroatoms. The Morgan fingerprint density at radius 1 is 1.12 bits per heavy atom. The van der Waals surface area contributed by atoms with Gasteiger partial charge < -0.3 is 5.32 Å². The molecule has 1 atom stereocenters. The Kier molecular flexibility index (Phi) is 7.40. The summed E-state index contributed by atoms with van der Waals surface area (Å²) in [4.78, 5) is 16.6. The first-order valence-corrected chi connectivity index (χ1v) is 10.8. The van der Waals surface area contributed by atoms with Crippen LogP contribution in [0.3, 0.4) is 0 Å². The third-order valence-electron chi connectivity index (χ3n) is 4.35. The summed E-state index contributed by atoms with van der Waals surface area (Å²) in [6.07, 6.45) is 1.19. The van der Waals surface area contributed by atoms with E-state index < -0.39 is 9.84 Å². The van der Waals surface area contributed by atoms with Crippen LogP contribution in [0.25, 0.3) is 0 Å². The summed E-state index contributed by atoms with van der Waals surface area (Å²) in [5.41, 5.74) is 1.34. The van der Waals surface area contributed by atoms with Crippen molar-refractivity contribution in [2.45, 2.75) is 25.9 Å². The molecule has 2 rings (SSSR count). The number of nitrogens with zero attached hydrogens (tertiary/aromatic N) is 2. The topological polar surface area (TPSA) is 69.7 Å². The molecule has 1 saturated heterocycles. The Bertz CT molecular complexity index is 641. The summed E-state index contributed by atoms with van der Waals surface area (Å²) in [6, 6.07) is 10.5. The minimum absolute atomic E-state index is 0.0210. The molecule has 1 heterocycles. The van der Waals surface area contributed by atoms with Gasteiger partial charge in [0.05, 0.1) is 5.75 Å². The predicted molar refractivity (Wildman–Crippen MR) is 100 cm³/mol. The molecule has 0 spiro atoms. The quantitative estimate of drug-likeness (QED) is 0.734. The second-order valence-corrected chi connectivity index (χ2v) is 9.17. The van der Waals surface area contributed by atoms with Crippen molar-refractivity contribution in [2.75, 3.05) is 44.7 Å². The summed E-state index contributed by atoms with van der Waals surface area (Å²) < 4.78 is 22.2. The fourth-order valence-corrected chi connectivity index (χ4v) is 3.59. The molecule has 140 valence electrons. The minimum Gasteiger partial charge on any atom is -0.352 e. The van der Waals surface area contributed by atoms with Gasteiger partial charge in [-0.2, -0.15) is 0 Å². The lowest BCUT2D eigenvalue weighted by atomic mass is 10.2. The van der Waals surface area contributed by atoms with Crippen LogP contribution in [-0.2, 0) is 21.2 Å². The molecule has 6 nitrogen and oxygen atoms in total. The average Bonchev–Trinajstić information content (AvgIpc) is 2.55. The van der Waals surface area contributed by atoms with Crippen LogP contribution < -0.4 is 5.32 Å².